The summed E-state index contributed by atoms with van der Waals surface area (Å²) in [5, 5.41) is 8.58. The molecular formula is C12H9F3NO2. The van der Waals surface area contributed by atoms with Gasteiger partial charge in [-0.25, -0.2) is 4.79 Å². The predicted octanol–water partition coefficient (Wildman–Crippen LogP) is 2.71. The first-order valence-corrected chi connectivity index (χ1v) is 4.83. The van der Waals surface area contributed by atoms with Crippen LogP contribution in [0.1, 0.15) is 18.1 Å². The predicted molar refractivity (Wildman–Crippen MR) is 56.0 cm³/mol. The number of hydrogen-bond donors (Lipinski definition) is 0. The number of alkyl halides is 3. The van der Waals surface area contributed by atoms with E-state index in [9.17, 15) is 18.0 Å². The van der Waals surface area contributed by atoms with Crippen molar-refractivity contribution in [3.8, 4) is 6.07 Å². The van der Waals surface area contributed by atoms with Gasteiger partial charge in [-0.15, -0.1) is 0 Å². The summed E-state index contributed by atoms with van der Waals surface area (Å²) < 4.78 is 40.5. The minimum Gasteiger partial charge on any atom is -0.448 e. The lowest BCUT2D eigenvalue weighted by Crippen LogP contribution is -2.34. The molecule has 0 N–H and O–H groups in total. The Hall–Kier alpha value is -2.03. The Labute approximate surface area is 102 Å². The lowest BCUT2D eigenvalue weighted by Gasteiger charge is -2.25. The maximum absolute atomic E-state index is 12.1. The third kappa shape index (κ3) is 3.23. The average Bonchev–Trinajstić information content (AvgIpc) is 2.27. The fourth-order valence-corrected chi connectivity index (χ4v) is 1.22. The monoisotopic (exact) mass is 256 g/mol. The summed E-state index contributed by atoms with van der Waals surface area (Å²) in [5.74, 6) is -2.30. The van der Waals surface area contributed by atoms with Crippen molar-refractivity contribution in [1.29, 1.82) is 5.26 Å². The fourth-order valence-electron chi connectivity index (χ4n) is 1.22. The first kappa shape index (κ1) is 14.0. The molecule has 0 spiro atoms. The molecular weight excluding hydrogens is 247 g/mol. The lowest BCUT2D eigenvalue weighted by atomic mass is 9.97. The van der Waals surface area contributed by atoms with Gasteiger partial charge in [0, 0.05) is 0 Å². The largest absolute Gasteiger partial charge is 0.490 e. The van der Waals surface area contributed by atoms with Crippen LogP contribution in [0.4, 0.5) is 13.2 Å². The van der Waals surface area contributed by atoms with Crippen molar-refractivity contribution in [2.24, 2.45) is 0 Å². The Morgan fingerprint density at radius 2 is 1.83 bits per heavy atom. The molecule has 6 heteroatoms. The van der Waals surface area contributed by atoms with E-state index in [1.165, 1.54) is 31.2 Å². The molecule has 0 saturated carbocycles. The second kappa shape index (κ2) is 4.69. The normalized spacial score (nSPS) is 11.8. The second-order valence-electron chi connectivity index (χ2n) is 3.81. The van der Waals surface area contributed by atoms with Gasteiger partial charge < -0.3 is 4.74 Å². The Kier molecular flexibility index (Phi) is 3.65. The van der Waals surface area contributed by atoms with Gasteiger partial charge in [-0.2, -0.15) is 18.4 Å². The molecule has 0 aromatic heterocycles. The van der Waals surface area contributed by atoms with Gasteiger partial charge in [-0.1, -0.05) is 12.1 Å². The molecule has 0 aliphatic rings. The number of carbonyl (C=O) groups excluding carboxylic acids is 1. The van der Waals surface area contributed by atoms with Gasteiger partial charge >= 0.3 is 12.1 Å². The van der Waals surface area contributed by atoms with E-state index in [4.69, 9.17) is 5.26 Å². The molecule has 0 saturated heterocycles. The van der Waals surface area contributed by atoms with E-state index in [0.29, 0.717) is 5.56 Å². The Balaban J connectivity index is 2.92. The van der Waals surface area contributed by atoms with Crippen LogP contribution in [0.2, 0.25) is 0 Å². The van der Waals surface area contributed by atoms with Gasteiger partial charge in [0.2, 0.25) is 0 Å². The molecule has 3 nitrogen and oxygen atoms in total. The number of esters is 1. The highest BCUT2D eigenvalue weighted by Gasteiger charge is 2.44. The van der Waals surface area contributed by atoms with E-state index in [-0.39, 0.29) is 5.56 Å². The van der Waals surface area contributed by atoms with Crippen molar-refractivity contribution in [1.82, 2.24) is 0 Å². The van der Waals surface area contributed by atoms with E-state index in [2.05, 4.69) is 11.7 Å². The van der Waals surface area contributed by atoms with Gasteiger partial charge in [0.05, 0.1) is 11.6 Å². The van der Waals surface area contributed by atoms with Crippen LogP contribution >= 0.6 is 0 Å². The molecule has 1 rings (SSSR count). The van der Waals surface area contributed by atoms with Crippen LogP contribution in [0, 0.1) is 18.3 Å². The number of nitriles is 1. The summed E-state index contributed by atoms with van der Waals surface area (Å²) in [4.78, 5) is 10.7. The second-order valence-corrected chi connectivity index (χ2v) is 3.81. The Morgan fingerprint density at radius 3 is 2.22 bits per heavy atom. The van der Waals surface area contributed by atoms with Gasteiger partial charge in [-0.05, 0) is 31.5 Å². The topological polar surface area (TPSA) is 50.1 Å². The number of halogens is 3. The molecule has 0 fully saturated rings. The average molecular weight is 256 g/mol. The zero-order valence-electron chi connectivity index (χ0n) is 9.41. The highest BCUT2D eigenvalue weighted by atomic mass is 19.4. The number of carbonyl (C=O) groups is 1. The van der Waals surface area contributed by atoms with Crippen LogP contribution in [0.3, 0.4) is 0 Å². The van der Waals surface area contributed by atoms with E-state index in [1.54, 1.807) is 0 Å². The minimum absolute atomic E-state index is 0.263. The van der Waals surface area contributed by atoms with Crippen molar-refractivity contribution in [3.63, 3.8) is 0 Å². The molecule has 1 aromatic rings. The lowest BCUT2D eigenvalue weighted by molar-refractivity contribution is -0.210. The van der Waals surface area contributed by atoms with Gasteiger partial charge in [0.15, 0.2) is 0 Å². The quantitative estimate of drug-likeness (QED) is 0.764. The molecule has 1 aromatic carbocycles. The molecule has 0 aliphatic carbocycles. The van der Waals surface area contributed by atoms with Gasteiger partial charge in [0.25, 0.3) is 0 Å². The van der Waals surface area contributed by atoms with Crippen molar-refractivity contribution in [2.45, 2.75) is 18.7 Å². The first-order chi connectivity index (χ1) is 8.16. The zero-order valence-corrected chi connectivity index (χ0v) is 9.41. The van der Waals surface area contributed by atoms with Gasteiger partial charge in [0.1, 0.15) is 5.60 Å². The smallest absolute Gasteiger partial charge is 0.448 e. The SMILES string of the molecule is [CH2]C(C)(OC(=O)C(F)(F)F)c1ccc(C#N)cc1. The minimum atomic E-state index is -5.06. The molecule has 1 atom stereocenters. The van der Waals surface area contributed by atoms with Crippen LogP contribution in [-0.2, 0) is 15.1 Å². The third-order valence-electron chi connectivity index (χ3n) is 2.17. The molecule has 95 valence electrons. The maximum atomic E-state index is 12.1. The summed E-state index contributed by atoms with van der Waals surface area (Å²) in [5.41, 5.74) is -1.06. The van der Waals surface area contributed by atoms with Crippen molar-refractivity contribution >= 4 is 5.97 Å². The summed E-state index contributed by atoms with van der Waals surface area (Å²) in [6.45, 7) is 4.66. The summed E-state index contributed by atoms with van der Waals surface area (Å²) in [6.07, 6.45) is -5.06. The fraction of sp³-hybridized carbons (Fsp3) is 0.250. The highest BCUT2D eigenvalue weighted by Crippen LogP contribution is 2.28. The third-order valence-corrected chi connectivity index (χ3v) is 2.17. The number of rotatable bonds is 2. The van der Waals surface area contributed by atoms with Crippen LogP contribution in [-0.4, -0.2) is 12.1 Å². The number of benzene rings is 1. The van der Waals surface area contributed by atoms with Crippen LogP contribution < -0.4 is 0 Å². The summed E-state index contributed by atoms with van der Waals surface area (Å²) >= 11 is 0. The summed E-state index contributed by atoms with van der Waals surface area (Å²) in [7, 11) is 0. The van der Waals surface area contributed by atoms with E-state index in [1.807, 2.05) is 6.07 Å². The summed E-state index contributed by atoms with van der Waals surface area (Å²) in [6, 6.07) is 7.44. The van der Waals surface area contributed by atoms with E-state index >= 15 is 0 Å². The van der Waals surface area contributed by atoms with Crippen molar-refractivity contribution in [3.05, 3.63) is 42.3 Å². The molecule has 1 radical (unpaired) electrons. The van der Waals surface area contributed by atoms with Gasteiger partial charge in [-0.3, -0.25) is 0 Å². The molecule has 1 unspecified atom stereocenters. The first-order valence-electron chi connectivity index (χ1n) is 4.83. The van der Waals surface area contributed by atoms with Crippen molar-refractivity contribution in [2.75, 3.05) is 0 Å². The highest BCUT2D eigenvalue weighted by molar-refractivity contribution is 5.76. The molecule has 0 bridgehead atoms. The maximum Gasteiger partial charge on any atom is 0.490 e. The Morgan fingerprint density at radius 1 is 1.33 bits per heavy atom. The van der Waals surface area contributed by atoms with Crippen LogP contribution in [0.15, 0.2) is 24.3 Å². The zero-order chi connectivity index (χ0) is 14.0. The van der Waals surface area contributed by atoms with Crippen LogP contribution in [0.25, 0.3) is 0 Å². The molecule has 0 amide bonds. The molecule has 0 heterocycles. The Bertz CT molecular complexity index is 484. The number of nitrogens with zero attached hydrogens (tertiary/aromatic N) is 1. The van der Waals surface area contributed by atoms with Crippen molar-refractivity contribution < 1.29 is 22.7 Å². The number of ether oxygens (including phenoxy) is 1. The number of hydrogen-bond acceptors (Lipinski definition) is 3. The molecule has 0 aliphatic heterocycles. The van der Waals surface area contributed by atoms with E-state index in [0.717, 1.165) is 0 Å². The standard InChI is InChI=1S/C12H9F3NO2/c1-11(2,18-10(17)12(13,14)15)9-5-3-8(7-16)4-6-9/h3-6H,1H2,2H3. The van der Waals surface area contributed by atoms with Crippen LogP contribution in [0.5, 0.6) is 0 Å². The van der Waals surface area contributed by atoms with E-state index < -0.39 is 17.7 Å². The molecule has 18 heavy (non-hydrogen) atoms.